The summed E-state index contributed by atoms with van der Waals surface area (Å²) in [5, 5.41) is 9.53. The van der Waals surface area contributed by atoms with E-state index in [2.05, 4.69) is 27.6 Å². The zero-order chi connectivity index (χ0) is 18.2. The Labute approximate surface area is 147 Å². The van der Waals surface area contributed by atoms with Gasteiger partial charge >= 0.3 is 0 Å². The third-order valence-electron chi connectivity index (χ3n) is 3.93. The van der Waals surface area contributed by atoms with Crippen LogP contribution in [0, 0.1) is 0 Å². The van der Waals surface area contributed by atoms with Gasteiger partial charge in [-0.25, -0.2) is 9.67 Å². The minimum atomic E-state index is -0.102. The molecule has 0 bridgehead atoms. The maximum Gasteiger partial charge on any atom is 0.234 e. The molecular weight excluding hydrogens is 320 g/mol. The smallest absolute Gasteiger partial charge is 0.234 e. The van der Waals surface area contributed by atoms with Crippen LogP contribution in [0.2, 0.25) is 0 Å². The first-order valence-electron chi connectivity index (χ1n) is 8.13. The number of nitrogens with zero attached hydrogens (tertiary/aromatic N) is 4. The number of carbonyl (C=O) groups is 2. The third-order valence-corrected chi connectivity index (χ3v) is 3.93. The predicted molar refractivity (Wildman–Crippen MR) is 94.1 cm³/mol. The molecule has 134 valence electrons. The van der Waals surface area contributed by atoms with E-state index in [1.165, 1.54) is 13.3 Å². The summed E-state index contributed by atoms with van der Waals surface area (Å²) in [6.07, 6.45) is 3.14. The molecule has 0 spiro atoms. The van der Waals surface area contributed by atoms with Crippen LogP contribution in [0.4, 0.5) is 0 Å². The lowest BCUT2D eigenvalue weighted by molar-refractivity contribution is -0.123. The highest BCUT2D eigenvalue weighted by Gasteiger charge is 2.15. The lowest BCUT2D eigenvalue weighted by Crippen LogP contribution is -2.39. The lowest BCUT2D eigenvalue weighted by Gasteiger charge is -2.24. The molecule has 0 aliphatic rings. The molecule has 0 saturated carbocycles. The molecule has 8 nitrogen and oxygen atoms in total. The molecule has 0 unspecified atom stereocenters. The van der Waals surface area contributed by atoms with Crippen molar-refractivity contribution < 1.29 is 9.59 Å². The zero-order valence-corrected chi connectivity index (χ0v) is 14.8. The van der Waals surface area contributed by atoms with Gasteiger partial charge in [-0.05, 0) is 31.7 Å². The standard InChI is InChI=1S/C17H24N6O2/c1-13(22(3)10-17(25)20-9-8-19-14(2)24)15-4-6-16(7-5-15)23-12-18-11-21-23/h4-7,11-13H,8-10H2,1-3H3,(H,19,24)(H,20,25)/t13-/m0/s1. The number of aromatic nitrogens is 3. The molecular formula is C17H24N6O2. The van der Waals surface area contributed by atoms with Crippen molar-refractivity contribution in [3.8, 4) is 5.69 Å². The Bertz CT molecular complexity index is 684. The van der Waals surface area contributed by atoms with Gasteiger partial charge in [-0.2, -0.15) is 5.10 Å². The summed E-state index contributed by atoms with van der Waals surface area (Å²) in [5.41, 5.74) is 2.05. The largest absolute Gasteiger partial charge is 0.355 e. The van der Waals surface area contributed by atoms with Crippen molar-refractivity contribution in [2.45, 2.75) is 19.9 Å². The van der Waals surface area contributed by atoms with Crippen molar-refractivity contribution in [3.05, 3.63) is 42.5 Å². The first-order valence-corrected chi connectivity index (χ1v) is 8.13. The van der Waals surface area contributed by atoms with Crippen LogP contribution in [0.25, 0.3) is 5.69 Å². The molecule has 2 aromatic rings. The molecule has 2 rings (SSSR count). The Hall–Kier alpha value is -2.74. The molecule has 0 aliphatic heterocycles. The Morgan fingerprint density at radius 3 is 2.48 bits per heavy atom. The molecule has 1 atom stereocenters. The van der Waals surface area contributed by atoms with E-state index in [1.54, 1.807) is 11.0 Å². The molecule has 8 heteroatoms. The van der Waals surface area contributed by atoms with Crippen molar-refractivity contribution >= 4 is 11.8 Å². The molecule has 25 heavy (non-hydrogen) atoms. The summed E-state index contributed by atoms with van der Waals surface area (Å²) in [5.74, 6) is -0.173. The Morgan fingerprint density at radius 1 is 1.20 bits per heavy atom. The van der Waals surface area contributed by atoms with Gasteiger partial charge in [0.1, 0.15) is 12.7 Å². The number of nitrogens with one attached hydrogen (secondary N) is 2. The van der Waals surface area contributed by atoms with Crippen molar-refractivity contribution in [2.24, 2.45) is 0 Å². The molecule has 1 aromatic carbocycles. The van der Waals surface area contributed by atoms with Crippen LogP contribution in [-0.2, 0) is 9.59 Å². The average molecular weight is 344 g/mol. The lowest BCUT2D eigenvalue weighted by atomic mass is 10.1. The first kappa shape index (κ1) is 18.6. The predicted octanol–water partition coefficient (Wildman–Crippen LogP) is 0.512. The van der Waals surface area contributed by atoms with Crippen LogP contribution in [0.5, 0.6) is 0 Å². The van der Waals surface area contributed by atoms with Crippen LogP contribution in [-0.4, -0.2) is 58.2 Å². The van der Waals surface area contributed by atoms with Gasteiger partial charge in [0, 0.05) is 26.1 Å². The number of amides is 2. The highest BCUT2D eigenvalue weighted by atomic mass is 16.2. The van der Waals surface area contributed by atoms with Crippen LogP contribution in [0.1, 0.15) is 25.5 Å². The minimum absolute atomic E-state index is 0.0704. The number of benzene rings is 1. The molecule has 0 radical (unpaired) electrons. The van der Waals surface area contributed by atoms with Gasteiger partial charge in [-0.15, -0.1) is 0 Å². The van der Waals surface area contributed by atoms with E-state index in [0.717, 1.165) is 11.3 Å². The van der Waals surface area contributed by atoms with E-state index in [0.29, 0.717) is 13.1 Å². The van der Waals surface area contributed by atoms with Crippen molar-refractivity contribution in [1.82, 2.24) is 30.3 Å². The van der Waals surface area contributed by atoms with Gasteiger partial charge in [0.05, 0.1) is 12.2 Å². The topological polar surface area (TPSA) is 92.2 Å². The van der Waals surface area contributed by atoms with Gasteiger partial charge in [0.25, 0.3) is 0 Å². The zero-order valence-electron chi connectivity index (χ0n) is 14.8. The van der Waals surface area contributed by atoms with E-state index in [4.69, 9.17) is 0 Å². The van der Waals surface area contributed by atoms with E-state index in [9.17, 15) is 9.59 Å². The maximum absolute atomic E-state index is 12.0. The van der Waals surface area contributed by atoms with Gasteiger partial charge in [-0.1, -0.05) is 12.1 Å². The summed E-state index contributed by atoms with van der Waals surface area (Å²) in [6, 6.07) is 8.08. The quantitative estimate of drug-likeness (QED) is 0.681. The molecule has 2 amide bonds. The summed E-state index contributed by atoms with van der Waals surface area (Å²) < 4.78 is 1.70. The van der Waals surface area contributed by atoms with Gasteiger partial charge < -0.3 is 10.6 Å². The second-order valence-corrected chi connectivity index (χ2v) is 5.86. The Kier molecular flexibility index (Phi) is 6.64. The number of likely N-dealkylation sites (N-methyl/N-ethyl adjacent to an activating group) is 1. The van der Waals surface area contributed by atoms with Crippen molar-refractivity contribution in [3.63, 3.8) is 0 Å². The number of hydrogen-bond donors (Lipinski definition) is 2. The molecule has 1 aromatic heterocycles. The second kappa shape index (κ2) is 8.93. The van der Waals surface area contributed by atoms with E-state index in [-0.39, 0.29) is 24.4 Å². The Balaban J connectivity index is 1.83. The third kappa shape index (κ3) is 5.68. The summed E-state index contributed by atoms with van der Waals surface area (Å²) in [7, 11) is 1.91. The van der Waals surface area contributed by atoms with Gasteiger partial charge in [-0.3, -0.25) is 14.5 Å². The van der Waals surface area contributed by atoms with Gasteiger partial charge in [0.2, 0.25) is 11.8 Å². The molecule has 1 heterocycles. The summed E-state index contributed by atoms with van der Waals surface area (Å²) in [4.78, 5) is 28.6. The Morgan fingerprint density at radius 2 is 1.88 bits per heavy atom. The number of carbonyl (C=O) groups excluding carboxylic acids is 2. The summed E-state index contributed by atoms with van der Waals surface area (Å²) >= 11 is 0. The van der Waals surface area contributed by atoms with Crippen LogP contribution < -0.4 is 10.6 Å². The molecule has 0 saturated heterocycles. The van der Waals surface area contributed by atoms with Crippen molar-refractivity contribution in [1.29, 1.82) is 0 Å². The van der Waals surface area contributed by atoms with Gasteiger partial charge in [0.15, 0.2) is 0 Å². The number of rotatable bonds is 8. The SMILES string of the molecule is CC(=O)NCCNC(=O)CN(C)[C@@H](C)c1ccc(-n2cncn2)cc1. The second-order valence-electron chi connectivity index (χ2n) is 5.86. The summed E-state index contributed by atoms with van der Waals surface area (Å²) in [6.45, 7) is 4.64. The first-order chi connectivity index (χ1) is 12.0. The monoisotopic (exact) mass is 344 g/mol. The van der Waals surface area contributed by atoms with Crippen LogP contribution in [0.15, 0.2) is 36.9 Å². The average Bonchev–Trinajstić information content (AvgIpc) is 3.12. The fourth-order valence-corrected chi connectivity index (χ4v) is 2.36. The fourth-order valence-electron chi connectivity index (χ4n) is 2.36. The maximum atomic E-state index is 12.0. The molecule has 0 aliphatic carbocycles. The van der Waals surface area contributed by atoms with Crippen LogP contribution in [0.3, 0.4) is 0 Å². The minimum Gasteiger partial charge on any atom is -0.355 e. The highest BCUT2D eigenvalue weighted by molar-refractivity contribution is 5.78. The van der Waals surface area contributed by atoms with E-state index in [1.807, 2.05) is 36.2 Å². The van der Waals surface area contributed by atoms with Crippen molar-refractivity contribution in [2.75, 3.05) is 26.7 Å². The van der Waals surface area contributed by atoms with E-state index < -0.39 is 0 Å². The fraction of sp³-hybridized carbons (Fsp3) is 0.412. The van der Waals surface area contributed by atoms with E-state index >= 15 is 0 Å². The number of hydrogen-bond acceptors (Lipinski definition) is 5. The normalized spacial score (nSPS) is 12.0. The molecule has 0 fully saturated rings. The molecule has 2 N–H and O–H groups in total. The van der Waals surface area contributed by atoms with Crippen LogP contribution >= 0.6 is 0 Å². The highest BCUT2D eigenvalue weighted by Crippen LogP contribution is 2.19.